The Hall–Kier alpha value is -2.27. The first-order valence-electron chi connectivity index (χ1n) is 8.38. The van der Waals surface area contributed by atoms with Gasteiger partial charge < -0.3 is 27.2 Å². The van der Waals surface area contributed by atoms with Crippen LogP contribution in [0.25, 0.3) is 0 Å². The molecule has 0 aliphatic rings. The quantitative estimate of drug-likeness (QED) is 0.620. The molecule has 142 valence electrons. The van der Waals surface area contributed by atoms with E-state index < -0.39 is 0 Å². The van der Waals surface area contributed by atoms with E-state index in [1.54, 1.807) is 13.3 Å². The molecule has 2 aromatic carbocycles. The van der Waals surface area contributed by atoms with E-state index in [2.05, 4.69) is 10.3 Å². The number of rotatable bonds is 8. The number of pyridine rings is 1. The zero-order valence-electron chi connectivity index (χ0n) is 15.0. The van der Waals surface area contributed by atoms with Crippen LogP contribution in [-0.2, 0) is 19.7 Å². The summed E-state index contributed by atoms with van der Waals surface area (Å²) in [4.78, 5) is 4.12. The van der Waals surface area contributed by atoms with Crippen molar-refractivity contribution in [3.05, 3.63) is 88.7 Å². The third-order valence-electron chi connectivity index (χ3n) is 3.92. The minimum absolute atomic E-state index is 0. The van der Waals surface area contributed by atoms with E-state index in [1.165, 1.54) is 0 Å². The molecule has 0 fully saturated rings. The van der Waals surface area contributed by atoms with Crippen LogP contribution < -0.4 is 27.2 Å². The van der Waals surface area contributed by atoms with Gasteiger partial charge in [-0.3, -0.25) is 4.98 Å². The minimum atomic E-state index is 0. The Kier molecular flexibility index (Phi) is 8.40. The number of aromatic nitrogens is 1. The van der Waals surface area contributed by atoms with Crippen LogP contribution in [0.4, 0.5) is 0 Å². The lowest BCUT2D eigenvalue weighted by Gasteiger charge is -2.13. The molecule has 0 aliphatic heterocycles. The second kappa shape index (κ2) is 10.8. The topological polar surface area (TPSA) is 43.4 Å². The first-order valence-corrected chi connectivity index (χ1v) is 8.76. The van der Waals surface area contributed by atoms with Crippen LogP contribution in [0.15, 0.2) is 67.0 Å². The third kappa shape index (κ3) is 6.43. The normalized spacial score (nSPS) is 10.1. The lowest BCUT2D eigenvalue weighted by atomic mass is 10.2. The van der Waals surface area contributed by atoms with Gasteiger partial charge in [0.1, 0.15) is 6.61 Å². The Bertz CT molecular complexity index is 827. The van der Waals surface area contributed by atoms with E-state index in [0.717, 1.165) is 46.3 Å². The summed E-state index contributed by atoms with van der Waals surface area (Å²) in [7, 11) is 1.65. The molecule has 0 amide bonds. The zero-order valence-corrected chi connectivity index (χ0v) is 16.5. The van der Waals surface area contributed by atoms with Gasteiger partial charge in [0.2, 0.25) is 0 Å². The predicted octanol–water partition coefficient (Wildman–Crippen LogP) is 1.62. The van der Waals surface area contributed by atoms with Gasteiger partial charge in [0.05, 0.1) is 7.11 Å². The second-order valence-corrected chi connectivity index (χ2v) is 6.30. The number of hydrogen-bond acceptors (Lipinski definition) is 4. The second-order valence-electron chi connectivity index (χ2n) is 5.87. The van der Waals surface area contributed by atoms with Gasteiger partial charge in [-0.2, -0.15) is 0 Å². The maximum atomic E-state index is 5.90. The summed E-state index contributed by atoms with van der Waals surface area (Å²) in [6, 6.07) is 17.6. The van der Waals surface area contributed by atoms with Gasteiger partial charge in [-0.05, 0) is 47.0 Å². The summed E-state index contributed by atoms with van der Waals surface area (Å²) < 4.78 is 11.4. The first kappa shape index (κ1) is 21.0. The summed E-state index contributed by atoms with van der Waals surface area (Å²) in [6.07, 6.45) is 3.64. The van der Waals surface area contributed by atoms with Crippen molar-refractivity contribution in [2.45, 2.75) is 19.7 Å². The highest BCUT2D eigenvalue weighted by molar-refractivity contribution is 6.30. The van der Waals surface area contributed by atoms with Crippen molar-refractivity contribution in [3.63, 3.8) is 0 Å². The molecule has 0 saturated heterocycles. The standard InChI is InChI=1S/C21H21ClN2O2.ClH/c1-25-21-11-17(12-24-14-18-3-2-10-23-13-18)6-9-20(21)26-15-16-4-7-19(22)8-5-16;/h2-11,13,24H,12,14-15H2,1H3;1H/p-1. The van der Waals surface area contributed by atoms with Crippen LogP contribution >= 0.6 is 11.6 Å². The number of hydrogen-bond donors (Lipinski definition) is 1. The molecule has 27 heavy (non-hydrogen) atoms. The predicted molar refractivity (Wildman–Crippen MR) is 104 cm³/mol. The Morgan fingerprint density at radius 2 is 1.67 bits per heavy atom. The molecule has 3 rings (SSSR count). The molecule has 0 saturated carbocycles. The van der Waals surface area contributed by atoms with Crippen LogP contribution in [0, 0.1) is 0 Å². The average Bonchev–Trinajstić information content (AvgIpc) is 2.69. The summed E-state index contributed by atoms with van der Waals surface area (Å²) in [5, 5.41) is 4.12. The Morgan fingerprint density at radius 1 is 0.926 bits per heavy atom. The van der Waals surface area contributed by atoms with Crippen molar-refractivity contribution >= 4 is 11.6 Å². The molecule has 0 spiro atoms. The number of halogens is 2. The van der Waals surface area contributed by atoms with Crippen molar-refractivity contribution < 1.29 is 21.9 Å². The van der Waals surface area contributed by atoms with Crippen LogP contribution in [0.2, 0.25) is 5.02 Å². The van der Waals surface area contributed by atoms with E-state index in [-0.39, 0.29) is 12.4 Å². The van der Waals surface area contributed by atoms with Crippen molar-refractivity contribution in [3.8, 4) is 11.5 Å². The van der Waals surface area contributed by atoms with Crippen LogP contribution in [-0.4, -0.2) is 12.1 Å². The lowest BCUT2D eigenvalue weighted by Crippen LogP contribution is -3.00. The number of benzene rings is 2. The van der Waals surface area contributed by atoms with Gasteiger partial charge in [-0.1, -0.05) is 35.9 Å². The van der Waals surface area contributed by atoms with Gasteiger partial charge >= 0.3 is 0 Å². The molecule has 1 heterocycles. The molecule has 0 atom stereocenters. The smallest absolute Gasteiger partial charge is 0.161 e. The lowest BCUT2D eigenvalue weighted by molar-refractivity contribution is -0.00000580. The highest BCUT2D eigenvalue weighted by atomic mass is 35.5. The number of methoxy groups -OCH3 is 1. The molecule has 1 N–H and O–H groups in total. The van der Waals surface area contributed by atoms with Gasteiger partial charge in [0.25, 0.3) is 0 Å². The molecule has 6 heteroatoms. The Balaban J connectivity index is 0.00000261. The number of nitrogens with zero attached hydrogens (tertiary/aromatic N) is 1. The molecule has 4 nitrogen and oxygen atoms in total. The Morgan fingerprint density at radius 3 is 2.37 bits per heavy atom. The largest absolute Gasteiger partial charge is 1.00 e. The van der Waals surface area contributed by atoms with Crippen molar-refractivity contribution in [2.75, 3.05) is 7.11 Å². The molecule has 0 aliphatic carbocycles. The van der Waals surface area contributed by atoms with Gasteiger partial charge in [-0.15, -0.1) is 0 Å². The molecule has 0 radical (unpaired) electrons. The van der Waals surface area contributed by atoms with E-state index in [4.69, 9.17) is 21.1 Å². The third-order valence-corrected chi connectivity index (χ3v) is 4.17. The fourth-order valence-electron chi connectivity index (χ4n) is 2.54. The zero-order chi connectivity index (χ0) is 18.2. The summed E-state index contributed by atoms with van der Waals surface area (Å²) in [5.41, 5.74) is 3.34. The van der Waals surface area contributed by atoms with Gasteiger partial charge in [0.15, 0.2) is 11.5 Å². The van der Waals surface area contributed by atoms with Crippen molar-refractivity contribution in [1.29, 1.82) is 0 Å². The highest BCUT2D eigenvalue weighted by Crippen LogP contribution is 2.29. The van der Waals surface area contributed by atoms with Gasteiger partial charge in [0, 0.05) is 30.5 Å². The molecule has 3 aromatic rings. The summed E-state index contributed by atoms with van der Waals surface area (Å²) in [6.45, 7) is 1.97. The Labute approximate surface area is 170 Å². The van der Waals surface area contributed by atoms with Crippen LogP contribution in [0.1, 0.15) is 16.7 Å². The van der Waals surface area contributed by atoms with Crippen LogP contribution in [0.5, 0.6) is 11.5 Å². The van der Waals surface area contributed by atoms with Gasteiger partial charge in [-0.25, -0.2) is 0 Å². The van der Waals surface area contributed by atoms with E-state index in [9.17, 15) is 0 Å². The fraction of sp³-hybridized carbons (Fsp3) is 0.190. The molecular weight excluding hydrogens is 383 g/mol. The molecule has 0 bridgehead atoms. The molecular formula is C21H21Cl2N2O2-. The average molecular weight is 404 g/mol. The van der Waals surface area contributed by atoms with Crippen molar-refractivity contribution in [2.24, 2.45) is 0 Å². The maximum absolute atomic E-state index is 5.90. The van der Waals surface area contributed by atoms with E-state index in [1.807, 2.05) is 60.8 Å². The van der Waals surface area contributed by atoms with Crippen LogP contribution in [0.3, 0.4) is 0 Å². The maximum Gasteiger partial charge on any atom is 0.161 e. The van der Waals surface area contributed by atoms with E-state index >= 15 is 0 Å². The summed E-state index contributed by atoms with van der Waals surface area (Å²) in [5.74, 6) is 1.44. The fourth-order valence-corrected chi connectivity index (χ4v) is 2.66. The monoisotopic (exact) mass is 403 g/mol. The highest BCUT2D eigenvalue weighted by Gasteiger charge is 2.06. The first-order chi connectivity index (χ1) is 12.7. The summed E-state index contributed by atoms with van der Waals surface area (Å²) >= 11 is 5.90. The number of nitrogens with one attached hydrogen (secondary N) is 1. The van der Waals surface area contributed by atoms with Crippen molar-refractivity contribution in [1.82, 2.24) is 10.3 Å². The molecule has 0 unspecified atom stereocenters. The molecule has 1 aromatic heterocycles. The number of ether oxygens (including phenoxy) is 2. The minimum Gasteiger partial charge on any atom is -1.00 e. The van der Waals surface area contributed by atoms with E-state index in [0.29, 0.717) is 6.61 Å². The SMILES string of the molecule is COc1cc(CNCc2cccnc2)ccc1OCc1ccc(Cl)cc1.[Cl-].